The number of hydrogen-bond donors (Lipinski definition) is 2. The van der Waals surface area contributed by atoms with Gasteiger partial charge in [0.25, 0.3) is 0 Å². The summed E-state index contributed by atoms with van der Waals surface area (Å²) in [6, 6.07) is -0.642. The van der Waals surface area contributed by atoms with Gasteiger partial charge in [0.2, 0.25) is 5.95 Å². The summed E-state index contributed by atoms with van der Waals surface area (Å²) < 4.78 is 0. The van der Waals surface area contributed by atoms with E-state index >= 15 is 0 Å². The van der Waals surface area contributed by atoms with E-state index in [1.807, 2.05) is 27.7 Å². The van der Waals surface area contributed by atoms with Crippen molar-refractivity contribution >= 4 is 11.9 Å². The number of aliphatic carboxylic acids is 1. The van der Waals surface area contributed by atoms with Gasteiger partial charge in [-0.25, -0.2) is 14.8 Å². The number of nitrogens with zero attached hydrogens (tertiary/aromatic N) is 2. The number of rotatable bonds is 5. The van der Waals surface area contributed by atoms with Crippen LogP contribution in [-0.2, 0) is 4.79 Å². The molecule has 1 aromatic rings. The maximum atomic E-state index is 11.1. The molecule has 0 aromatic carbocycles. The molecule has 1 aromatic heterocycles. The van der Waals surface area contributed by atoms with E-state index in [2.05, 4.69) is 15.3 Å². The average Bonchev–Trinajstić information content (AvgIpc) is 2.21. The number of anilines is 1. The molecule has 94 valence electrons. The van der Waals surface area contributed by atoms with Gasteiger partial charge in [0, 0.05) is 11.9 Å². The molecule has 5 nitrogen and oxygen atoms in total. The molecule has 0 fully saturated rings. The summed E-state index contributed by atoms with van der Waals surface area (Å²) in [6.45, 7) is 7.76. The molecule has 0 saturated heterocycles. The highest BCUT2D eigenvalue weighted by atomic mass is 16.4. The Balaban J connectivity index is 2.78. The van der Waals surface area contributed by atoms with Crippen molar-refractivity contribution in [3.63, 3.8) is 0 Å². The standard InChI is InChI=1S/C12H19N3O2/c1-7(2)5-10(11(16)17)15-12-13-6-8(3)9(4)14-12/h6-7,10H,5H2,1-4H3,(H,16,17)(H,13,14,15)/t10-/m1/s1. The molecule has 0 saturated carbocycles. The second kappa shape index (κ2) is 5.61. The van der Waals surface area contributed by atoms with Crippen LogP contribution in [0.5, 0.6) is 0 Å². The number of carbonyl (C=O) groups is 1. The zero-order chi connectivity index (χ0) is 13.0. The van der Waals surface area contributed by atoms with E-state index in [1.54, 1.807) is 6.20 Å². The van der Waals surface area contributed by atoms with Crippen LogP contribution in [0.3, 0.4) is 0 Å². The van der Waals surface area contributed by atoms with Crippen molar-refractivity contribution in [3.05, 3.63) is 17.5 Å². The fourth-order valence-electron chi connectivity index (χ4n) is 1.45. The Morgan fingerprint density at radius 3 is 2.59 bits per heavy atom. The van der Waals surface area contributed by atoms with Crippen molar-refractivity contribution in [2.75, 3.05) is 5.32 Å². The Bertz CT molecular complexity index is 405. The van der Waals surface area contributed by atoms with E-state index < -0.39 is 12.0 Å². The lowest BCUT2D eigenvalue weighted by molar-refractivity contribution is -0.138. The van der Waals surface area contributed by atoms with E-state index in [9.17, 15) is 4.79 Å². The largest absolute Gasteiger partial charge is 0.480 e. The predicted molar refractivity (Wildman–Crippen MR) is 66.0 cm³/mol. The maximum absolute atomic E-state index is 11.1. The van der Waals surface area contributed by atoms with Gasteiger partial charge in [-0.2, -0.15) is 0 Å². The molecule has 17 heavy (non-hydrogen) atoms. The molecule has 0 aliphatic carbocycles. The third-order valence-electron chi connectivity index (χ3n) is 2.53. The number of nitrogens with one attached hydrogen (secondary N) is 1. The smallest absolute Gasteiger partial charge is 0.326 e. The third kappa shape index (κ3) is 4.01. The van der Waals surface area contributed by atoms with Crippen molar-refractivity contribution < 1.29 is 9.90 Å². The molecule has 0 aliphatic rings. The van der Waals surface area contributed by atoms with Crippen LogP contribution >= 0.6 is 0 Å². The molecule has 5 heteroatoms. The molecule has 2 N–H and O–H groups in total. The lowest BCUT2D eigenvalue weighted by atomic mass is 10.0. The Labute approximate surface area is 101 Å². The van der Waals surface area contributed by atoms with Crippen LogP contribution in [0.25, 0.3) is 0 Å². The Morgan fingerprint density at radius 1 is 1.47 bits per heavy atom. The number of hydrogen-bond acceptors (Lipinski definition) is 4. The molecule has 1 rings (SSSR count). The van der Waals surface area contributed by atoms with Gasteiger partial charge in [0.05, 0.1) is 0 Å². The minimum Gasteiger partial charge on any atom is -0.480 e. The molecular weight excluding hydrogens is 218 g/mol. The van der Waals surface area contributed by atoms with Crippen LogP contribution in [0.4, 0.5) is 5.95 Å². The van der Waals surface area contributed by atoms with Gasteiger partial charge in [-0.1, -0.05) is 13.8 Å². The summed E-state index contributed by atoms with van der Waals surface area (Å²) in [5, 5.41) is 11.9. The lowest BCUT2D eigenvalue weighted by Gasteiger charge is -2.16. The fraction of sp³-hybridized carbons (Fsp3) is 0.583. The van der Waals surface area contributed by atoms with Crippen LogP contribution < -0.4 is 5.32 Å². The average molecular weight is 237 g/mol. The highest BCUT2D eigenvalue weighted by Gasteiger charge is 2.19. The summed E-state index contributed by atoms with van der Waals surface area (Å²) in [5.41, 5.74) is 1.85. The summed E-state index contributed by atoms with van der Waals surface area (Å²) in [7, 11) is 0. The zero-order valence-corrected chi connectivity index (χ0v) is 10.7. The SMILES string of the molecule is Cc1cnc(N[C@H](CC(C)C)C(=O)O)nc1C. The highest BCUT2D eigenvalue weighted by molar-refractivity contribution is 5.76. The van der Waals surface area contributed by atoms with Gasteiger partial charge in [0.15, 0.2) is 0 Å². The fourth-order valence-corrected chi connectivity index (χ4v) is 1.45. The molecule has 0 spiro atoms. The summed E-state index contributed by atoms with van der Waals surface area (Å²) in [5.74, 6) is -0.197. The Morgan fingerprint density at radius 2 is 2.12 bits per heavy atom. The van der Waals surface area contributed by atoms with E-state index in [4.69, 9.17) is 5.11 Å². The molecule has 0 aliphatic heterocycles. The number of aromatic nitrogens is 2. The van der Waals surface area contributed by atoms with Crippen LogP contribution in [0, 0.1) is 19.8 Å². The van der Waals surface area contributed by atoms with Crippen molar-refractivity contribution in [2.24, 2.45) is 5.92 Å². The highest BCUT2D eigenvalue weighted by Crippen LogP contribution is 2.11. The van der Waals surface area contributed by atoms with Crippen LogP contribution in [-0.4, -0.2) is 27.1 Å². The number of aryl methyl sites for hydroxylation is 2. The van der Waals surface area contributed by atoms with Gasteiger partial charge in [-0.15, -0.1) is 0 Å². The van der Waals surface area contributed by atoms with Crippen molar-refractivity contribution in [2.45, 2.75) is 40.2 Å². The van der Waals surface area contributed by atoms with Gasteiger partial charge in [0.1, 0.15) is 6.04 Å². The first-order valence-corrected chi connectivity index (χ1v) is 5.69. The second-order valence-corrected chi connectivity index (χ2v) is 4.63. The predicted octanol–water partition coefficient (Wildman–Crippen LogP) is 2.00. The topological polar surface area (TPSA) is 75.1 Å². The first-order valence-electron chi connectivity index (χ1n) is 5.69. The molecular formula is C12H19N3O2. The van der Waals surface area contributed by atoms with E-state index in [-0.39, 0.29) is 0 Å². The second-order valence-electron chi connectivity index (χ2n) is 4.63. The lowest BCUT2D eigenvalue weighted by Crippen LogP contribution is -2.31. The summed E-state index contributed by atoms with van der Waals surface area (Å²) >= 11 is 0. The Kier molecular flexibility index (Phi) is 4.43. The monoisotopic (exact) mass is 237 g/mol. The summed E-state index contributed by atoms with van der Waals surface area (Å²) in [6.07, 6.45) is 2.24. The molecule has 0 radical (unpaired) electrons. The first-order chi connectivity index (χ1) is 7.90. The van der Waals surface area contributed by atoms with Crippen LogP contribution in [0.1, 0.15) is 31.5 Å². The number of carboxylic acid groups (broad SMARTS) is 1. The van der Waals surface area contributed by atoms with Gasteiger partial charge in [-0.3, -0.25) is 0 Å². The third-order valence-corrected chi connectivity index (χ3v) is 2.53. The van der Waals surface area contributed by atoms with E-state index in [0.717, 1.165) is 11.3 Å². The minimum absolute atomic E-state index is 0.301. The van der Waals surface area contributed by atoms with Crippen molar-refractivity contribution in [1.29, 1.82) is 0 Å². The quantitative estimate of drug-likeness (QED) is 0.819. The summed E-state index contributed by atoms with van der Waals surface area (Å²) in [4.78, 5) is 19.4. The van der Waals surface area contributed by atoms with E-state index in [0.29, 0.717) is 18.3 Å². The normalized spacial score (nSPS) is 12.5. The van der Waals surface area contributed by atoms with Gasteiger partial charge in [-0.05, 0) is 31.7 Å². The molecule has 1 heterocycles. The van der Waals surface area contributed by atoms with Crippen molar-refractivity contribution in [3.8, 4) is 0 Å². The molecule has 0 amide bonds. The minimum atomic E-state index is -0.875. The van der Waals surface area contributed by atoms with Gasteiger partial charge < -0.3 is 10.4 Å². The van der Waals surface area contributed by atoms with E-state index in [1.165, 1.54) is 0 Å². The molecule has 0 bridgehead atoms. The number of carboxylic acids is 1. The van der Waals surface area contributed by atoms with Crippen LogP contribution in [0.2, 0.25) is 0 Å². The van der Waals surface area contributed by atoms with Crippen molar-refractivity contribution in [1.82, 2.24) is 9.97 Å². The first kappa shape index (κ1) is 13.4. The molecule has 1 atom stereocenters. The molecule has 0 unspecified atom stereocenters. The maximum Gasteiger partial charge on any atom is 0.326 e. The Hall–Kier alpha value is -1.65. The van der Waals surface area contributed by atoms with Gasteiger partial charge >= 0.3 is 5.97 Å². The zero-order valence-electron chi connectivity index (χ0n) is 10.7. The van der Waals surface area contributed by atoms with Crippen LogP contribution in [0.15, 0.2) is 6.20 Å².